The van der Waals surface area contributed by atoms with Gasteiger partial charge in [-0.2, -0.15) is 0 Å². The van der Waals surface area contributed by atoms with Crippen LogP contribution >= 0.6 is 0 Å². The van der Waals surface area contributed by atoms with Gasteiger partial charge in [-0.05, 0) is 29.9 Å². The van der Waals surface area contributed by atoms with Gasteiger partial charge in [-0.3, -0.25) is 9.59 Å². The molecule has 0 saturated carbocycles. The van der Waals surface area contributed by atoms with Crippen molar-refractivity contribution in [3.8, 4) is 0 Å². The van der Waals surface area contributed by atoms with E-state index in [4.69, 9.17) is 4.74 Å². The Bertz CT molecular complexity index is 1150. The number of benzene rings is 2. The molecule has 1 N–H and O–H groups in total. The molecule has 1 aromatic heterocycles. The van der Waals surface area contributed by atoms with E-state index in [1.807, 2.05) is 45.9 Å². The topological polar surface area (TPSA) is 76.5 Å². The number of hydrogen-bond acceptors (Lipinski definition) is 4. The van der Waals surface area contributed by atoms with Gasteiger partial charge in [0.05, 0.1) is 25.2 Å². The predicted molar refractivity (Wildman–Crippen MR) is 133 cm³/mol. The Morgan fingerprint density at radius 1 is 1.06 bits per heavy atom. The number of rotatable bonds is 6. The largest absolute Gasteiger partial charge is 0.365 e. The van der Waals surface area contributed by atoms with Crippen LogP contribution in [0, 0.1) is 5.92 Å². The molecular formula is C28H32N4O3. The van der Waals surface area contributed by atoms with E-state index >= 15 is 0 Å². The maximum atomic E-state index is 13.2. The summed E-state index contributed by atoms with van der Waals surface area (Å²) in [6.07, 6.45) is 3.04. The van der Waals surface area contributed by atoms with Gasteiger partial charge in [0.25, 0.3) is 5.91 Å². The summed E-state index contributed by atoms with van der Waals surface area (Å²) < 4.78 is 8.10. The Morgan fingerprint density at radius 3 is 2.46 bits per heavy atom. The summed E-state index contributed by atoms with van der Waals surface area (Å²) in [6, 6.07) is 20.3. The number of carbonyl (C=O) groups excluding carboxylic acids is 2. The minimum atomic E-state index is -0.0722. The smallest absolute Gasteiger partial charge is 0.274 e. The van der Waals surface area contributed by atoms with Crippen LogP contribution in [0.4, 0.5) is 0 Å². The molecule has 1 saturated heterocycles. The fourth-order valence-electron chi connectivity index (χ4n) is 4.97. The fourth-order valence-corrected chi connectivity index (χ4v) is 4.97. The van der Waals surface area contributed by atoms with E-state index in [9.17, 15) is 9.59 Å². The zero-order chi connectivity index (χ0) is 24.2. The highest BCUT2D eigenvalue weighted by Gasteiger charge is 2.32. The Balaban J connectivity index is 1.13. The first kappa shape index (κ1) is 23.3. The van der Waals surface area contributed by atoms with Crippen molar-refractivity contribution in [1.29, 1.82) is 0 Å². The highest BCUT2D eigenvalue weighted by atomic mass is 16.5. The van der Waals surface area contributed by atoms with Gasteiger partial charge >= 0.3 is 0 Å². The van der Waals surface area contributed by atoms with Gasteiger partial charge in [-0.25, -0.2) is 4.98 Å². The van der Waals surface area contributed by atoms with Gasteiger partial charge < -0.3 is 19.5 Å². The minimum Gasteiger partial charge on any atom is -0.365 e. The summed E-state index contributed by atoms with van der Waals surface area (Å²) in [5.74, 6) is 0.210. The van der Waals surface area contributed by atoms with Crippen molar-refractivity contribution < 1.29 is 14.3 Å². The standard InChI is InChI=1S/C28H32N4O3/c1-20(21-8-4-2-5-9-21)16-29-27(33)23-12-14-31(15-13-23)28(34)26-24-18-35-25(17-32(24)19-30-26)22-10-6-3-7-11-22/h2-11,19-20,23,25H,12-18H2,1H3,(H,29,33)/t20-,25-/m0/s1. The molecule has 7 heteroatoms. The number of nitrogens with one attached hydrogen (secondary N) is 1. The van der Waals surface area contributed by atoms with Crippen molar-refractivity contribution in [3.63, 3.8) is 0 Å². The Labute approximate surface area is 206 Å². The average molecular weight is 473 g/mol. The third kappa shape index (κ3) is 5.15. The van der Waals surface area contributed by atoms with Gasteiger partial charge in [0, 0.05) is 25.6 Å². The molecule has 35 heavy (non-hydrogen) atoms. The molecule has 0 unspecified atom stereocenters. The van der Waals surface area contributed by atoms with E-state index in [0.29, 0.717) is 51.3 Å². The second-order valence-electron chi connectivity index (χ2n) is 9.53. The minimum absolute atomic E-state index is 0.0419. The number of amides is 2. The van der Waals surface area contributed by atoms with Gasteiger partial charge in [0.15, 0.2) is 5.69 Å². The maximum absolute atomic E-state index is 13.2. The predicted octanol–water partition coefficient (Wildman–Crippen LogP) is 3.93. The van der Waals surface area contributed by atoms with Crippen LogP contribution in [0.2, 0.25) is 0 Å². The van der Waals surface area contributed by atoms with Crippen molar-refractivity contribution in [3.05, 3.63) is 89.5 Å². The van der Waals surface area contributed by atoms with Gasteiger partial charge in [-0.15, -0.1) is 0 Å². The molecule has 2 amide bonds. The zero-order valence-electron chi connectivity index (χ0n) is 20.1. The molecule has 2 aliphatic heterocycles. The lowest BCUT2D eigenvalue weighted by molar-refractivity contribution is -0.126. The molecule has 2 aliphatic rings. The fraction of sp³-hybridized carbons (Fsp3) is 0.393. The second kappa shape index (κ2) is 10.4. The molecule has 2 atom stereocenters. The van der Waals surface area contributed by atoms with Crippen LogP contribution in [0.15, 0.2) is 67.0 Å². The lowest BCUT2D eigenvalue weighted by Gasteiger charge is -2.32. The number of ether oxygens (including phenoxy) is 1. The quantitative estimate of drug-likeness (QED) is 0.590. The van der Waals surface area contributed by atoms with Crippen LogP contribution in [0.25, 0.3) is 0 Å². The maximum Gasteiger partial charge on any atom is 0.274 e. The number of carbonyl (C=O) groups is 2. The molecule has 0 bridgehead atoms. The molecule has 0 radical (unpaired) electrons. The number of aromatic nitrogens is 2. The lowest BCUT2D eigenvalue weighted by atomic mass is 9.95. The first-order valence-corrected chi connectivity index (χ1v) is 12.4. The molecule has 5 rings (SSSR count). The number of fused-ring (bicyclic) bond motifs is 1. The normalized spacial score (nSPS) is 19.1. The summed E-state index contributed by atoms with van der Waals surface area (Å²) in [6.45, 7) is 4.86. The molecule has 3 aromatic rings. The molecule has 1 fully saturated rings. The van der Waals surface area contributed by atoms with Crippen LogP contribution in [0.1, 0.15) is 59.1 Å². The highest BCUT2D eigenvalue weighted by Crippen LogP contribution is 2.29. The van der Waals surface area contributed by atoms with E-state index < -0.39 is 0 Å². The van der Waals surface area contributed by atoms with E-state index in [-0.39, 0.29) is 29.8 Å². The van der Waals surface area contributed by atoms with Gasteiger partial charge in [0.1, 0.15) is 6.10 Å². The van der Waals surface area contributed by atoms with E-state index in [1.54, 1.807) is 6.33 Å². The molecule has 182 valence electrons. The number of imidazole rings is 1. The molecule has 7 nitrogen and oxygen atoms in total. The summed E-state index contributed by atoms with van der Waals surface area (Å²) in [5, 5.41) is 3.11. The van der Waals surface area contributed by atoms with Gasteiger partial charge in [0.2, 0.25) is 5.91 Å². The van der Waals surface area contributed by atoms with E-state index in [2.05, 4.69) is 41.5 Å². The van der Waals surface area contributed by atoms with E-state index in [1.165, 1.54) is 5.56 Å². The summed E-state index contributed by atoms with van der Waals surface area (Å²) in [5.41, 5.74) is 3.64. The Hall–Kier alpha value is -3.45. The number of hydrogen-bond donors (Lipinski definition) is 1. The van der Waals surface area contributed by atoms with Gasteiger partial charge in [-0.1, -0.05) is 67.6 Å². The van der Waals surface area contributed by atoms with Crippen molar-refractivity contribution in [1.82, 2.24) is 19.8 Å². The zero-order valence-corrected chi connectivity index (χ0v) is 20.1. The van der Waals surface area contributed by atoms with Crippen LogP contribution in [-0.4, -0.2) is 45.9 Å². The van der Waals surface area contributed by atoms with Crippen molar-refractivity contribution in [2.45, 2.75) is 44.9 Å². The number of piperidine rings is 1. The summed E-state index contributed by atoms with van der Waals surface area (Å²) >= 11 is 0. The van der Waals surface area contributed by atoms with Crippen molar-refractivity contribution >= 4 is 11.8 Å². The highest BCUT2D eigenvalue weighted by molar-refractivity contribution is 5.93. The van der Waals surface area contributed by atoms with Crippen LogP contribution in [0.5, 0.6) is 0 Å². The SMILES string of the molecule is C[C@@H](CNC(=O)C1CCN(C(=O)c2ncn3c2CO[C@H](c2ccccc2)C3)CC1)c1ccccc1. The van der Waals surface area contributed by atoms with E-state index in [0.717, 1.165) is 11.3 Å². The third-order valence-electron chi connectivity index (χ3n) is 7.21. The van der Waals surface area contributed by atoms with Crippen LogP contribution < -0.4 is 5.32 Å². The summed E-state index contributed by atoms with van der Waals surface area (Å²) in [7, 11) is 0. The molecular weight excluding hydrogens is 440 g/mol. The van der Waals surface area contributed by atoms with Crippen LogP contribution in [0.3, 0.4) is 0 Å². The Morgan fingerprint density at radius 2 is 1.74 bits per heavy atom. The third-order valence-corrected chi connectivity index (χ3v) is 7.21. The number of nitrogens with zero attached hydrogens (tertiary/aromatic N) is 3. The number of likely N-dealkylation sites (tertiary alicyclic amines) is 1. The molecule has 0 spiro atoms. The van der Waals surface area contributed by atoms with Crippen molar-refractivity contribution in [2.75, 3.05) is 19.6 Å². The second-order valence-corrected chi connectivity index (χ2v) is 9.53. The Kier molecular flexibility index (Phi) is 6.95. The average Bonchev–Trinajstić information content (AvgIpc) is 3.35. The van der Waals surface area contributed by atoms with Crippen molar-refractivity contribution in [2.24, 2.45) is 5.92 Å². The molecule has 0 aliphatic carbocycles. The monoisotopic (exact) mass is 472 g/mol. The molecule has 2 aromatic carbocycles. The lowest BCUT2D eigenvalue weighted by Crippen LogP contribution is -2.44. The molecule has 3 heterocycles. The van der Waals surface area contributed by atoms with Crippen LogP contribution in [-0.2, 0) is 22.7 Å². The first-order valence-electron chi connectivity index (χ1n) is 12.4. The first-order chi connectivity index (χ1) is 17.1. The summed E-state index contributed by atoms with van der Waals surface area (Å²) in [4.78, 5) is 32.2.